The molecule has 0 aromatic heterocycles. The summed E-state index contributed by atoms with van der Waals surface area (Å²) in [6.07, 6.45) is -1.63. The SMILES string of the molecule is CCC(=O)N1CCC(CC2(C)SC(=NC(C)c3ccccc3C(F)(F)F)NC2=O)CC1. The normalized spacial score (nSPS) is 25.0. The van der Waals surface area contributed by atoms with Gasteiger partial charge in [-0.05, 0) is 50.7 Å². The summed E-state index contributed by atoms with van der Waals surface area (Å²) in [5, 5.41) is 3.11. The summed E-state index contributed by atoms with van der Waals surface area (Å²) in [5.41, 5.74) is -0.628. The van der Waals surface area contributed by atoms with Crippen molar-refractivity contribution >= 4 is 28.7 Å². The highest BCUT2D eigenvalue weighted by Gasteiger charge is 2.44. The Kier molecular flexibility index (Phi) is 7.03. The molecule has 2 fully saturated rings. The summed E-state index contributed by atoms with van der Waals surface area (Å²) in [6, 6.07) is 4.64. The van der Waals surface area contributed by atoms with Gasteiger partial charge in [-0.2, -0.15) is 13.2 Å². The molecule has 9 heteroatoms. The van der Waals surface area contributed by atoms with Crippen molar-refractivity contribution < 1.29 is 22.8 Å². The molecule has 2 aliphatic heterocycles. The molecule has 2 unspecified atom stereocenters. The van der Waals surface area contributed by atoms with Gasteiger partial charge in [0, 0.05) is 19.5 Å². The first-order chi connectivity index (χ1) is 14.5. The number of carbonyl (C=O) groups excluding carboxylic acids is 2. The predicted octanol–water partition coefficient (Wildman–Crippen LogP) is 4.78. The molecule has 2 aliphatic rings. The molecule has 3 rings (SSSR count). The van der Waals surface area contributed by atoms with Crippen LogP contribution >= 0.6 is 11.8 Å². The van der Waals surface area contributed by atoms with Crippen LogP contribution in [0.3, 0.4) is 0 Å². The van der Waals surface area contributed by atoms with Crippen LogP contribution in [0.15, 0.2) is 29.3 Å². The van der Waals surface area contributed by atoms with Crippen LogP contribution in [0.25, 0.3) is 0 Å². The first-order valence-corrected chi connectivity index (χ1v) is 11.4. The van der Waals surface area contributed by atoms with Crippen LogP contribution in [-0.4, -0.2) is 39.7 Å². The molecular weight excluding hydrogens is 427 g/mol. The van der Waals surface area contributed by atoms with Crippen LogP contribution in [0.1, 0.15) is 63.6 Å². The van der Waals surface area contributed by atoms with Gasteiger partial charge in [-0.15, -0.1) is 0 Å². The standard InChI is InChI=1S/C22H28F3N3O2S/c1-4-18(29)28-11-9-15(10-12-28)13-21(3)19(30)27-20(31-21)26-14(2)16-7-5-6-8-17(16)22(23,24)25/h5-8,14-15H,4,9-13H2,1-3H3,(H,26,27,30). The van der Waals surface area contributed by atoms with E-state index in [4.69, 9.17) is 0 Å². The van der Waals surface area contributed by atoms with Gasteiger partial charge in [0.25, 0.3) is 0 Å². The highest BCUT2D eigenvalue weighted by Crippen LogP contribution is 2.41. The van der Waals surface area contributed by atoms with Crippen LogP contribution in [0.4, 0.5) is 13.2 Å². The van der Waals surface area contributed by atoms with Gasteiger partial charge in [0.1, 0.15) is 0 Å². The van der Waals surface area contributed by atoms with E-state index >= 15 is 0 Å². The Labute approximate surface area is 184 Å². The Bertz CT molecular complexity index is 866. The molecule has 1 aromatic carbocycles. The largest absolute Gasteiger partial charge is 0.416 e. The number of amidine groups is 1. The summed E-state index contributed by atoms with van der Waals surface area (Å²) in [6.45, 7) is 6.70. The number of carbonyl (C=O) groups is 2. The van der Waals surface area contributed by atoms with Crippen LogP contribution in [0.5, 0.6) is 0 Å². The molecule has 2 atom stereocenters. The Morgan fingerprint density at radius 2 is 1.97 bits per heavy atom. The van der Waals surface area contributed by atoms with Crippen molar-refractivity contribution in [2.45, 2.75) is 63.4 Å². The number of nitrogens with zero attached hydrogens (tertiary/aromatic N) is 2. The summed E-state index contributed by atoms with van der Waals surface area (Å²) >= 11 is 1.29. The Morgan fingerprint density at radius 3 is 2.58 bits per heavy atom. The number of likely N-dealkylation sites (tertiary alicyclic amines) is 1. The van der Waals surface area contributed by atoms with Crippen LogP contribution < -0.4 is 5.32 Å². The first kappa shape index (κ1) is 23.6. The highest BCUT2D eigenvalue weighted by molar-refractivity contribution is 8.16. The number of thioether (sulfide) groups is 1. The van der Waals surface area contributed by atoms with Gasteiger partial charge in [0.2, 0.25) is 11.8 Å². The Balaban J connectivity index is 1.67. The molecule has 1 N–H and O–H groups in total. The number of aliphatic imine (C=N–C) groups is 1. The molecular formula is C22H28F3N3O2S. The second kappa shape index (κ2) is 9.22. The van der Waals surface area contributed by atoms with E-state index in [0.29, 0.717) is 37.0 Å². The fourth-order valence-electron chi connectivity index (χ4n) is 4.23. The second-order valence-corrected chi connectivity index (χ2v) is 9.86. The van der Waals surface area contributed by atoms with E-state index in [-0.39, 0.29) is 17.4 Å². The molecule has 5 nitrogen and oxygen atoms in total. The van der Waals surface area contributed by atoms with Crippen molar-refractivity contribution in [3.05, 3.63) is 35.4 Å². The van der Waals surface area contributed by atoms with Gasteiger partial charge in [-0.3, -0.25) is 14.6 Å². The van der Waals surface area contributed by atoms with Crippen LogP contribution in [0, 0.1) is 5.92 Å². The van der Waals surface area contributed by atoms with Crippen molar-refractivity contribution in [2.24, 2.45) is 10.9 Å². The minimum atomic E-state index is -4.46. The zero-order valence-corrected chi connectivity index (χ0v) is 18.8. The molecule has 1 aromatic rings. The van der Waals surface area contributed by atoms with E-state index in [1.54, 1.807) is 13.0 Å². The topological polar surface area (TPSA) is 61.8 Å². The van der Waals surface area contributed by atoms with Gasteiger partial charge in [-0.1, -0.05) is 36.9 Å². The third-order valence-electron chi connectivity index (χ3n) is 6.00. The van der Waals surface area contributed by atoms with Crippen LogP contribution in [-0.2, 0) is 15.8 Å². The predicted molar refractivity (Wildman–Crippen MR) is 116 cm³/mol. The maximum atomic E-state index is 13.3. The van der Waals surface area contributed by atoms with Crippen molar-refractivity contribution in [1.29, 1.82) is 0 Å². The number of halogens is 3. The summed E-state index contributed by atoms with van der Waals surface area (Å²) < 4.78 is 39.2. The van der Waals surface area contributed by atoms with Gasteiger partial charge in [-0.25, -0.2) is 0 Å². The highest BCUT2D eigenvalue weighted by atomic mass is 32.2. The number of amides is 2. The maximum Gasteiger partial charge on any atom is 0.416 e. The third kappa shape index (κ3) is 5.42. The minimum absolute atomic E-state index is 0.0823. The Hall–Kier alpha value is -2.03. The lowest BCUT2D eigenvalue weighted by Gasteiger charge is -2.34. The molecule has 0 spiro atoms. The van der Waals surface area contributed by atoms with E-state index in [9.17, 15) is 22.8 Å². The Morgan fingerprint density at radius 1 is 1.32 bits per heavy atom. The van der Waals surface area contributed by atoms with Gasteiger partial charge < -0.3 is 10.2 Å². The molecule has 0 saturated carbocycles. The van der Waals surface area contributed by atoms with Crippen molar-refractivity contribution in [3.63, 3.8) is 0 Å². The molecule has 2 saturated heterocycles. The van der Waals surface area contributed by atoms with E-state index in [2.05, 4.69) is 10.3 Å². The van der Waals surface area contributed by atoms with E-state index in [1.807, 2.05) is 18.7 Å². The van der Waals surface area contributed by atoms with Crippen molar-refractivity contribution in [3.8, 4) is 0 Å². The number of alkyl halides is 3. The summed E-state index contributed by atoms with van der Waals surface area (Å²) in [7, 11) is 0. The molecule has 2 heterocycles. The number of piperidine rings is 1. The van der Waals surface area contributed by atoms with Gasteiger partial charge in [0.15, 0.2) is 5.17 Å². The van der Waals surface area contributed by atoms with Crippen LogP contribution in [0.2, 0.25) is 0 Å². The lowest BCUT2D eigenvalue weighted by Crippen LogP contribution is -2.41. The van der Waals surface area contributed by atoms with Gasteiger partial charge >= 0.3 is 6.18 Å². The van der Waals surface area contributed by atoms with Gasteiger partial charge in [0.05, 0.1) is 16.4 Å². The first-order valence-electron chi connectivity index (χ1n) is 10.6. The monoisotopic (exact) mass is 455 g/mol. The van der Waals surface area contributed by atoms with E-state index in [0.717, 1.165) is 18.9 Å². The fourth-order valence-corrected chi connectivity index (χ4v) is 5.48. The zero-order chi connectivity index (χ0) is 22.8. The summed E-state index contributed by atoms with van der Waals surface area (Å²) in [4.78, 5) is 30.8. The van der Waals surface area contributed by atoms with Crippen molar-refractivity contribution in [2.75, 3.05) is 13.1 Å². The number of hydrogen-bond acceptors (Lipinski definition) is 4. The quantitative estimate of drug-likeness (QED) is 0.695. The lowest BCUT2D eigenvalue weighted by atomic mass is 9.87. The number of nitrogens with one attached hydrogen (secondary N) is 1. The second-order valence-electron chi connectivity index (χ2n) is 8.36. The molecule has 0 aliphatic carbocycles. The molecule has 31 heavy (non-hydrogen) atoms. The maximum absolute atomic E-state index is 13.3. The number of hydrogen-bond donors (Lipinski definition) is 1. The molecule has 0 radical (unpaired) electrons. The van der Waals surface area contributed by atoms with Crippen molar-refractivity contribution in [1.82, 2.24) is 10.2 Å². The molecule has 170 valence electrons. The zero-order valence-electron chi connectivity index (χ0n) is 18.0. The number of rotatable bonds is 5. The molecule has 0 bridgehead atoms. The van der Waals surface area contributed by atoms with E-state index < -0.39 is 22.5 Å². The fraction of sp³-hybridized carbons (Fsp3) is 0.591. The number of benzene rings is 1. The minimum Gasteiger partial charge on any atom is -0.343 e. The van der Waals surface area contributed by atoms with E-state index in [1.165, 1.54) is 23.9 Å². The average Bonchev–Trinajstić information content (AvgIpc) is 3.00. The smallest absolute Gasteiger partial charge is 0.343 e. The average molecular weight is 456 g/mol. The summed E-state index contributed by atoms with van der Waals surface area (Å²) in [5.74, 6) is 0.298. The molecule has 2 amide bonds. The third-order valence-corrected chi connectivity index (χ3v) is 7.20. The lowest BCUT2D eigenvalue weighted by molar-refractivity contribution is -0.138.